The van der Waals surface area contributed by atoms with Crippen LogP contribution < -0.4 is 5.32 Å². The number of carbonyl (C=O) groups is 1. The molecule has 152 valence electrons. The number of sulfonamides is 1. The molecule has 1 N–H and O–H groups in total. The number of rotatable bonds is 9. The number of nitrogens with zero attached hydrogens (tertiary/aromatic N) is 1. The highest BCUT2D eigenvalue weighted by molar-refractivity contribution is 7.98. The summed E-state index contributed by atoms with van der Waals surface area (Å²) in [5.74, 6) is 0.996. The van der Waals surface area contributed by atoms with Gasteiger partial charge in [-0.15, -0.1) is 0 Å². The van der Waals surface area contributed by atoms with Crippen LogP contribution in [0.1, 0.15) is 17.2 Å². The topological polar surface area (TPSA) is 66.5 Å². The molecule has 0 aliphatic carbocycles. The molecule has 2 aromatic rings. The fourth-order valence-electron chi connectivity index (χ4n) is 2.52. The number of nitrogens with one attached hydrogen (secondary N) is 1. The van der Waals surface area contributed by atoms with E-state index in [0.29, 0.717) is 33.7 Å². The molecule has 9 heteroatoms. The molecule has 0 saturated heterocycles. The number of thioether (sulfide) groups is 1. The first kappa shape index (κ1) is 23.0. The lowest BCUT2D eigenvalue weighted by atomic mass is 10.1. The minimum Gasteiger partial charge on any atom is -0.354 e. The second-order valence-electron chi connectivity index (χ2n) is 6.17. The van der Waals surface area contributed by atoms with Gasteiger partial charge in [0.25, 0.3) is 0 Å². The van der Waals surface area contributed by atoms with Gasteiger partial charge in [0.1, 0.15) is 6.04 Å². The fraction of sp³-hybridized carbons (Fsp3) is 0.316. The van der Waals surface area contributed by atoms with Crippen molar-refractivity contribution >= 4 is 50.9 Å². The number of amides is 1. The zero-order valence-electron chi connectivity index (χ0n) is 15.6. The molecule has 0 aromatic heterocycles. The molecule has 0 heterocycles. The molecule has 2 rings (SSSR count). The van der Waals surface area contributed by atoms with E-state index in [1.54, 1.807) is 48.2 Å². The molecule has 0 fully saturated rings. The molecule has 1 unspecified atom stereocenters. The number of likely N-dealkylation sites (N-methyl/N-ethyl adjacent to an activating group) is 1. The van der Waals surface area contributed by atoms with Gasteiger partial charge < -0.3 is 5.32 Å². The van der Waals surface area contributed by atoms with Crippen LogP contribution in [0.15, 0.2) is 48.5 Å². The van der Waals surface area contributed by atoms with Crippen molar-refractivity contribution in [2.24, 2.45) is 0 Å². The summed E-state index contributed by atoms with van der Waals surface area (Å²) in [7, 11) is -2.13. The van der Waals surface area contributed by atoms with Gasteiger partial charge in [0.15, 0.2) is 0 Å². The van der Waals surface area contributed by atoms with Crippen LogP contribution in [0.4, 0.5) is 0 Å². The zero-order valence-corrected chi connectivity index (χ0v) is 18.7. The van der Waals surface area contributed by atoms with Crippen molar-refractivity contribution in [3.63, 3.8) is 0 Å². The lowest BCUT2D eigenvalue weighted by Crippen LogP contribution is -2.41. The molecule has 28 heavy (non-hydrogen) atoms. The summed E-state index contributed by atoms with van der Waals surface area (Å²) in [6.45, 7) is 0.412. The van der Waals surface area contributed by atoms with Crippen molar-refractivity contribution in [1.82, 2.24) is 9.62 Å². The summed E-state index contributed by atoms with van der Waals surface area (Å²) in [6.07, 6.45) is 1.09. The maximum atomic E-state index is 12.7. The molecule has 0 bridgehead atoms. The Hall–Kier alpha value is -1.25. The van der Waals surface area contributed by atoms with Crippen molar-refractivity contribution in [2.75, 3.05) is 25.6 Å². The Labute approximate surface area is 180 Å². The maximum absolute atomic E-state index is 12.7. The predicted molar refractivity (Wildman–Crippen MR) is 117 cm³/mol. The third-order valence-corrected chi connectivity index (χ3v) is 6.92. The van der Waals surface area contributed by atoms with Crippen molar-refractivity contribution in [3.05, 3.63) is 69.7 Å². The van der Waals surface area contributed by atoms with Crippen molar-refractivity contribution < 1.29 is 13.2 Å². The summed E-state index contributed by atoms with van der Waals surface area (Å²) < 4.78 is 25.0. The van der Waals surface area contributed by atoms with Gasteiger partial charge in [0, 0.05) is 35.1 Å². The lowest BCUT2D eigenvalue weighted by Gasteiger charge is -2.25. The normalized spacial score (nSPS) is 12.8. The third kappa shape index (κ3) is 6.67. The zero-order chi connectivity index (χ0) is 20.7. The van der Waals surface area contributed by atoms with Crippen molar-refractivity contribution in [3.8, 4) is 0 Å². The summed E-state index contributed by atoms with van der Waals surface area (Å²) in [4.78, 5) is 12.7. The van der Waals surface area contributed by atoms with E-state index < -0.39 is 16.1 Å². The van der Waals surface area contributed by atoms with E-state index in [2.05, 4.69) is 5.32 Å². The van der Waals surface area contributed by atoms with Crippen LogP contribution >= 0.6 is 35.0 Å². The second-order valence-corrected chi connectivity index (χ2v) is 10.2. The van der Waals surface area contributed by atoms with Crippen LogP contribution in [0.25, 0.3) is 0 Å². The number of halogens is 2. The van der Waals surface area contributed by atoms with Gasteiger partial charge >= 0.3 is 0 Å². The van der Waals surface area contributed by atoms with Crippen LogP contribution in [0.3, 0.4) is 0 Å². The Balaban J connectivity index is 1.93. The maximum Gasteiger partial charge on any atom is 0.243 e. The van der Waals surface area contributed by atoms with E-state index in [0.717, 1.165) is 16.1 Å². The quantitative estimate of drug-likeness (QED) is 0.574. The SMILES string of the molecule is CN(C(C(=O)NCCSCc1ccc(Cl)cc1Cl)c1ccccc1)S(C)(=O)=O. The van der Waals surface area contributed by atoms with E-state index in [9.17, 15) is 13.2 Å². The minimum absolute atomic E-state index is 0.357. The first-order chi connectivity index (χ1) is 13.2. The smallest absolute Gasteiger partial charge is 0.243 e. The Morgan fingerprint density at radius 3 is 2.46 bits per heavy atom. The predicted octanol–water partition coefficient (Wildman–Crippen LogP) is 3.98. The van der Waals surface area contributed by atoms with E-state index in [4.69, 9.17) is 23.2 Å². The molecular formula is C19H22Cl2N2O3S2. The van der Waals surface area contributed by atoms with Crippen molar-refractivity contribution in [2.45, 2.75) is 11.8 Å². The molecule has 1 atom stereocenters. The van der Waals surface area contributed by atoms with Gasteiger partial charge in [0.2, 0.25) is 15.9 Å². The van der Waals surface area contributed by atoms with Crippen LogP contribution in [0.5, 0.6) is 0 Å². The Bertz CT molecular complexity index is 909. The van der Waals surface area contributed by atoms with E-state index in [1.165, 1.54) is 7.05 Å². The van der Waals surface area contributed by atoms with Gasteiger partial charge in [0.05, 0.1) is 6.26 Å². The molecule has 1 amide bonds. The lowest BCUT2D eigenvalue weighted by molar-refractivity contribution is -0.124. The van der Waals surface area contributed by atoms with Gasteiger partial charge in [-0.25, -0.2) is 8.42 Å². The van der Waals surface area contributed by atoms with Crippen LogP contribution in [-0.2, 0) is 20.6 Å². The molecule has 2 aromatic carbocycles. The van der Waals surface area contributed by atoms with Crippen LogP contribution in [-0.4, -0.2) is 44.2 Å². The molecular weight excluding hydrogens is 439 g/mol. The van der Waals surface area contributed by atoms with E-state index in [-0.39, 0.29) is 5.91 Å². The van der Waals surface area contributed by atoms with Crippen LogP contribution in [0, 0.1) is 0 Å². The molecule has 0 aliphatic heterocycles. The van der Waals surface area contributed by atoms with Gasteiger partial charge in [-0.1, -0.05) is 59.6 Å². The standard InChI is InChI=1S/C19H22Cl2N2O3S2/c1-23(28(2,25)26)18(14-6-4-3-5-7-14)19(24)22-10-11-27-13-15-8-9-16(20)12-17(15)21/h3-9,12,18H,10-11,13H2,1-2H3,(H,22,24). The first-order valence-electron chi connectivity index (χ1n) is 8.47. The molecule has 5 nitrogen and oxygen atoms in total. The molecule has 0 aliphatic rings. The average Bonchev–Trinajstić information content (AvgIpc) is 2.63. The highest BCUT2D eigenvalue weighted by Gasteiger charge is 2.30. The fourth-order valence-corrected chi connectivity index (χ4v) is 4.53. The van der Waals surface area contributed by atoms with Crippen LogP contribution in [0.2, 0.25) is 10.0 Å². The van der Waals surface area contributed by atoms with E-state index >= 15 is 0 Å². The number of hydrogen-bond acceptors (Lipinski definition) is 4. The second kappa shape index (κ2) is 10.5. The summed E-state index contributed by atoms with van der Waals surface area (Å²) in [5, 5.41) is 4.03. The summed E-state index contributed by atoms with van der Waals surface area (Å²) in [5.41, 5.74) is 1.59. The van der Waals surface area contributed by atoms with Gasteiger partial charge in [-0.05, 0) is 23.3 Å². The number of hydrogen-bond donors (Lipinski definition) is 1. The minimum atomic E-state index is -3.53. The van der Waals surface area contributed by atoms with E-state index in [1.807, 2.05) is 12.1 Å². The number of benzene rings is 2. The van der Waals surface area contributed by atoms with Gasteiger partial charge in [-0.3, -0.25) is 4.79 Å². The molecule has 0 spiro atoms. The Morgan fingerprint density at radius 2 is 1.86 bits per heavy atom. The molecule has 0 radical (unpaired) electrons. The number of carbonyl (C=O) groups excluding carboxylic acids is 1. The van der Waals surface area contributed by atoms with Gasteiger partial charge in [-0.2, -0.15) is 16.1 Å². The summed E-state index contributed by atoms with van der Waals surface area (Å²) in [6, 6.07) is 13.3. The largest absolute Gasteiger partial charge is 0.354 e. The monoisotopic (exact) mass is 460 g/mol. The van der Waals surface area contributed by atoms with Crippen molar-refractivity contribution in [1.29, 1.82) is 0 Å². The molecule has 0 saturated carbocycles. The highest BCUT2D eigenvalue weighted by atomic mass is 35.5. The highest BCUT2D eigenvalue weighted by Crippen LogP contribution is 2.25. The first-order valence-corrected chi connectivity index (χ1v) is 12.2. The third-order valence-electron chi connectivity index (χ3n) is 4.07. The summed E-state index contributed by atoms with van der Waals surface area (Å²) >= 11 is 13.7. The Morgan fingerprint density at radius 1 is 1.18 bits per heavy atom. The Kier molecular flexibility index (Phi) is 8.64. The average molecular weight is 461 g/mol.